The molecule has 8 heteroatoms. The van der Waals surface area contributed by atoms with Gasteiger partial charge in [0.25, 0.3) is 5.91 Å². The third kappa shape index (κ3) is 4.83. The molecule has 0 unspecified atom stereocenters. The largest absolute Gasteiger partial charge is 0.361 e. The molecular weight excluding hydrogens is 405 g/mol. The number of aryl methyl sites for hydroxylation is 1. The number of nitrogens with zero attached hydrogens (tertiary/aromatic N) is 3. The van der Waals surface area contributed by atoms with Gasteiger partial charge in [-0.25, -0.2) is 4.98 Å². The van der Waals surface area contributed by atoms with Gasteiger partial charge in [0, 0.05) is 31.6 Å². The number of halogens is 2. The van der Waals surface area contributed by atoms with Crippen molar-refractivity contribution in [2.75, 3.05) is 7.05 Å². The van der Waals surface area contributed by atoms with Gasteiger partial charge in [-0.2, -0.15) is 0 Å². The van der Waals surface area contributed by atoms with E-state index in [0.29, 0.717) is 32.9 Å². The summed E-state index contributed by atoms with van der Waals surface area (Å²) in [5.41, 5.74) is 2.13. The summed E-state index contributed by atoms with van der Waals surface area (Å²) in [5.74, 6) is 1.18. The number of rotatable bonds is 6. The first kappa shape index (κ1) is 19.7. The number of carbonyl (C=O) groups is 1. The second-order valence-electron chi connectivity index (χ2n) is 5.95. The molecule has 1 aromatic carbocycles. The molecule has 140 valence electrons. The van der Waals surface area contributed by atoms with Crippen molar-refractivity contribution in [1.29, 1.82) is 0 Å². The first-order valence-electron chi connectivity index (χ1n) is 8.14. The summed E-state index contributed by atoms with van der Waals surface area (Å²) in [5, 5.41) is 5.54. The third-order valence-electron chi connectivity index (χ3n) is 3.82. The molecule has 0 saturated carbocycles. The highest BCUT2D eigenvalue weighted by atomic mass is 35.5. The summed E-state index contributed by atoms with van der Waals surface area (Å²) < 4.78 is 5.07. The van der Waals surface area contributed by atoms with E-state index < -0.39 is 0 Å². The van der Waals surface area contributed by atoms with Crippen LogP contribution in [-0.4, -0.2) is 28.0 Å². The molecular formula is C19H17Cl2N3O2S. The number of aromatic nitrogens is 2. The number of amides is 1. The monoisotopic (exact) mass is 421 g/mol. The Balaban J connectivity index is 1.74. The summed E-state index contributed by atoms with van der Waals surface area (Å²) in [6, 6.07) is 10.8. The van der Waals surface area contributed by atoms with Crippen LogP contribution in [0.2, 0.25) is 10.0 Å². The van der Waals surface area contributed by atoms with Gasteiger partial charge < -0.3 is 9.42 Å². The first-order valence-corrected chi connectivity index (χ1v) is 9.88. The van der Waals surface area contributed by atoms with Crippen LogP contribution in [-0.2, 0) is 12.3 Å². The molecule has 0 N–H and O–H groups in total. The topological polar surface area (TPSA) is 59.2 Å². The predicted octanol–water partition coefficient (Wildman–Crippen LogP) is 5.25. The van der Waals surface area contributed by atoms with Gasteiger partial charge in [-0.3, -0.25) is 4.79 Å². The third-order valence-corrected chi connectivity index (χ3v) is 5.72. The van der Waals surface area contributed by atoms with E-state index in [0.717, 1.165) is 17.0 Å². The average molecular weight is 422 g/mol. The predicted molar refractivity (Wildman–Crippen MR) is 107 cm³/mol. The molecule has 1 amide bonds. The van der Waals surface area contributed by atoms with Crippen LogP contribution < -0.4 is 0 Å². The maximum atomic E-state index is 12.9. The minimum atomic E-state index is -0.141. The normalized spacial score (nSPS) is 10.8. The van der Waals surface area contributed by atoms with Crippen LogP contribution in [0.5, 0.6) is 0 Å². The molecule has 0 bridgehead atoms. The van der Waals surface area contributed by atoms with Gasteiger partial charge in [-0.15, -0.1) is 0 Å². The minimum Gasteiger partial charge on any atom is -0.361 e. The number of benzene rings is 1. The Morgan fingerprint density at radius 3 is 2.81 bits per heavy atom. The number of hydrogen-bond donors (Lipinski definition) is 0. The van der Waals surface area contributed by atoms with E-state index in [1.165, 1.54) is 11.8 Å². The van der Waals surface area contributed by atoms with Crippen LogP contribution in [0, 0.1) is 6.92 Å². The van der Waals surface area contributed by atoms with Gasteiger partial charge in [-0.05, 0) is 30.7 Å². The molecule has 0 aliphatic carbocycles. The standard InChI is InChI=1S/C19H17Cl2N3O2S/c1-12-9-14(23-26-12)11-27-18-15(6-4-8-22-18)19(25)24(2)10-13-5-3-7-16(20)17(13)21/h3-9H,10-11H2,1-2H3. The number of hydrogen-bond acceptors (Lipinski definition) is 5. The number of thioether (sulfide) groups is 1. The molecule has 2 heterocycles. The maximum Gasteiger partial charge on any atom is 0.256 e. The molecule has 0 radical (unpaired) electrons. The van der Waals surface area contributed by atoms with Gasteiger partial charge in [0.05, 0.1) is 21.3 Å². The SMILES string of the molecule is Cc1cc(CSc2ncccc2C(=O)N(C)Cc2cccc(Cl)c2Cl)no1. The van der Waals surface area contributed by atoms with Crippen molar-refractivity contribution >= 4 is 40.9 Å². The van der Waals surface area contributed by atoms with Gasteiger partial charge in [0.2, 0.25) is 0 Å². The van der Waals surface area contributed by atoms with E-state index in [1.54, 1.807) is 36.3 Å². The van der Waals surface area contributed by atoms with E-state index >= 15 is 0 Å². The Morgan fingerprint density at radius 1 is 1.26 bits per heavy atom. The lowest BCUT2D eigenvalue weighted by Gasteiger charge is -2.19. The second kappa shape index (κ2) is 8.78. The van der Waals surface area contributed by atoms with E-state index in [-0.39, 0.29) is 5.91 Å². The summed E-state index contributed by atoms with van der Waals surface area (Å²) in [6.45, 7) is 2.19. The highest BCUT2D eigenvalue weighted by Gasteiger charge is 2.19. The summed E-state index contributed by atoms with van der Waals surface area (Å²) in [7, 11) is 1.72. The fraction of sp³-hybridized carbons (Fsp3) is 0.211. The quantitative estimate of drug-likeness (QED) is 0.508. The first-order chi connectivity index (χ1) is 13.0. The van der Waals surface area contributed by atoms with Crippen molar-refractivity contribution in [1.82, 2.24) is 15.0 Å². The van der Waals surface area contributed by atoms with Crippen LogP contribution in [0.15, 0.2) is 52.1 Å². The van der Waals surface area contributed by atoms with Crippen LogP contribution in [0.4, 0.5) is 0 Å². The van der Waals surface area contributed by atoms with Crippen LogP contribution in [0.3, 0.4) is 0 Å². The zero-order valence-corrected chi connectivity index (χ0v) is 17.1. The molecule has 0 spiro atoms. The lowest BCUT2D eigenvalue weighted by molar-refractivity contribution is 0.0781. The Labute approximate surface area is 171 Å². The van der Waals surface area contributed by atoms with Crippen molar-refractivity contribution in [3.05, 3.63) is 75.2 Å². The van der Waals surface area contributed by atoms with Gasteiger partial charge in [0.15, 0.2) is 0 Å². The van der Waals surface area contributed by atoms with Gasteiger partial charge in [0.1, 0.15) is 10.8 Å². The number of pyridine rings is 1. The molecule has 2 aromatic heterocycles. The summed E-state index contributed by atoms with van der Waals surface area (Å²) >= 11 is 13.7. The lowest BCUT2D eigenvalue weighted by atomic mass is 10.2. The Morgan fingerprint density at radius 2 is 2.07 bits per heavy atom. The van der Waals surface area contributed by atoms with E-state index in [9.17, 15) is 4.79 Å². The van der Waals surface area contributed by atoms with Crippen LogP contribution in [0.1, 0.15) is 27.4 Å². The van der Waals surface area contributed by atoms with Crippen molar-refractivity contribution < 1.29 is 9.32 Å². The van der Waals surface area contributed by atoms with Crippen LogP contribution in [0.25, 0.3) is 0 Å². The Hall–Kier alpha value is -2.02. The van der Waals surface area contributed by atoms with Gasteiger partial charge in [-0.1, -0.05) is 52.3 Å². The molecule has 0 saturated heterocycles. The lowest BCUT2D eigenvalue weighted by Crippen LogP contribution is -2.27. The maximum absolute atomic E-state index is 12.9. The van der Waals surface area contributed by atoms with Crippen LogP contribution >= 0.6 is 35.0 Å². The van der Waals surface area contributed by atoms with Crippen molar-refractivity contribution in [2.45, 2.75) is 24.2 Å². The Kier molecular flexibility index (Phi) is 6.42. The molecule has 0 fully saturated rings. The van der Waals surface area contributed by atoms with Crippen molar-refractivity contribution in [2.24, 2.45) is 0 Å². The van der Waals surface area contributed by atoms with Crippen molar-refractivity contribution in [3.8, 4) is 0 Å². The molecule has 5 nitrogen and oxygen atoms in total. The Bertz CT molecular complexity index is 962. The molecule has 27 heavy (non-hydrogen) atoms. The highest BCUT2D eigenvalue weighted by molar-refractivity contribution is 7.98. The molecule has 0 atom stereocenters. The fourth-order valence-electron chi connectivity index (χ4n) is 2.50. The van der Waals surface area contributed by atoms with E-state index in [2.05, 4.69) is 10.1 Å². The minimum absolute atomic E-state index is 0.141. The zero-order valence-electron chi connectivity index (χ0n) is 14.8. The summed E-state index contributed by atoms with van der Waals surface area (Å²) in [6.07, 6.45) is 1.67. The van der Waals surface area contributed by atoms with Gasteiger partial charge >= 0.3 is 0 Å². The molecule has 0 aliphatic rings. The zero-order chi connectivity index (χ0) is 19.4. The second-order valence-corrected chi connectivity index (χ2v) is 7.70. The van der Waals surface area contributed by atoms with E-state index in [1.807, 2.05) is 25.1 Å². The smallest absolute Gasteiger partial charge is 0.256 e. The summed E-state index contributed by atoms with van der Waals surface area (Å²) in [4.78, 5) is 18.9. The highest BCUT2D eigenvalue weighted by Crippen LogP contribution is 2.28. The van der Waals surface area contributed by atoms with E-state index in [4.69, 9.17) is 27.7 Å². The molecule has 3 rings (SSSR count). The average Bonchev–Trinajstić information content (AvgIpc) is 3.08. The fourth-order valence-corrected chi connectivity index (χ4v) is 3.75. The molecule has 3 aromatic rings. The molecule has 0 aliphatic heterocycles. The number of carbonyl (C=O) groups excluding carboxylic acids is 1. The van der Waals surface area contributed by atoms with Crippen molar-refractivity contribution in [3.63, 3.8) is 0 Å².